The van der Waals surface area contributed by atoms with Gasteiger partial charge in [-0.15, -0.1) is 0 Å². The zero-order valence-electron chi connectivity index (χ0n) is 8.54. The summed E-state index contributed by atoms with van der Waals surface area (Å²) in [6.45, 7) is 3.26. The van der Waals surface area contributed by atoms with Gasteiger partial charge in [0.2, 0.25) is 0 Å². The molecule has 0 fully saturated rings. The molecule has 0 radical (unpaired) electrons. The smallest absolute Gasteiger partial charge is 0.0928 e. The lowest BCUT2D eigenvalue weighted by atomic mass is 10.2. The summed E-state index contributed by atoms with van der Waals surface area (Å²) in [4.78, 5) is 0. The Morgan fingerprint density at radius 2 is 2.15 bits per heavy atom. The van der Waals surface area contributed by atoms with Gasteiger partial charge in [0.25, 0.3) is 0 Å². The molecular weight excluding hydrogens is 168 g/mol. The van der Waals surface area contributed by atoms with Gasteiger partial charge in [-0.2, -0.15) is 5.26 Å². The van der Waals surface area contributed by atoms with Crippen molar-refractivity contribution in [3.8, 4) is 6.07 Å². The highest BCUT2D eigenvalue weighted by molar-refractivity contribution is 4.78. The van der Waals surface area contributed by atoms with E-state index < -0.39 is 0 Å². The van der Waals surface area contributed by atoms with Crippen LogP contribution in [0.25, 0.3) is 0 Å². The lowest BCUT2D eigenvalue weighted by Crippen LogP contribution is -2.36. The van der Waals surface area contributed by atoms with E-state index in [1.807, 2.05) is 6.92 Å². The van der Waals surface area contributed by atoms with Crippen molar-refractivity contribution in [2.24, 2.45) is 0 Å². The topological polar surface area (TPSA) is 54.3 Å². The fraction of sp³-hybridized carbons (Fsp3) is 0.889. The third kappa shape index (κ3) is 6.52. The second-order valence-corrected chi connectivity index (χ2v) is 2.98. The number of methoxy groups -OCH3 is 2. The molecule has 2 unspecified atom stereocenters. The second kappa shape index (κ2) is 7.99. The highest BCUT2D eigenvalue weighted by Crippen LogP contribution is 1.92. The van der Waals surface area contributed by atoms with Crippen LogP contribution in [-0.2, 0) is 9.47 Å². The fourth-order valence-electron chi connectivity index (χ4n) is 0.938. The first kappa shape index (κ1) is 12.4. The average Bonchev–Trinajstić information content (AvgIpc) is 2.12. The van der Waals surface area contributed by atoms with E-state index in [4.69, 9.17) is 14.7 Å². The molecular formula is C9H18N2O2. The predicted octanol–water partition coefficient (Wildman–Crippen LogP) is 0.540. The zero-order valence-corrected chi connectivity index (χ0v) is 8.54. The van der Waals surface area contributed by atoms with Crippen molar-refractivity contribution < 1.29 is 9.47 Å². The summed E-state index contributed by atoms with van der Waals surface area (Å²) >= 11 is 0. The first-order chi connectivity index (χ1) is 6.24. The van der Waals surface area contributed by atoms with E-state index in [1.54, 1.807) is 14.2 Å². The molecule has 0 aliphatic carbocycles. The van der Waals surface area contributed by atoms with Crippen molar-refractivity contribution in [1.82, 2.24) is 5.32 Å². The van der Waals surface area contributed by atoms with E-state index in [0.29, 0.717) is 19.6 Å². The maximum Gasteiger partial charge on any atom is 0.0928 e. The summed E-state index contributed by atoms with van der Waals surface area (Å²) in [5, 5.41) is 11.6. The average molecular weight is 186 g/mol. The van der Waals surface area contributed by atoms with Crippen LogP contribution < -0.4 is 5.32 Å². The van der Waals surface area contributed by atoms with Crippen LogP contribution in [0.15, 0.2) is 0 Å². The van der Waals surface area contributed by atoms with Crippen LogP contribution in [0.1, 0.15) is 13.3 Å². The summed E-state index contributed by atoms with van der Waals surface area (Å²) in [5.41, 5.74) is 0. The molecule has 2 atom stereocenters. The van der Waals surface area contributed by atoms with Crippen LogP contribution in [0.2, 0.25) is 0 Å². The molecule has 0 heterocycles. The molecule has 0 aliphatic rings. The van der Waals surface area contributed by atoms with Gasteiger partial charge in [-0.1, -0.05) is 0 Å². The van der Waals surface area contributed by atoms with Crippen LogP contribution in [0.3, 0.4) is 0 Å². The first-order valence-electron chi connectivity index (χ1n) is 4.36. The Kier molecular flexibility index (Phi) is 7.60. The third-order valence-electron chi connectivity index (χ3n) is 1.78. The molecule has 0 saturated carbocycles. The largest absolute Gasteiger partial charge is 0.382 e. The molecule has 0 aromatic heterocycles. The van der Waals surface area contributed by atoms with Gasteiger partial charge in [0.15, 0.2) is 0 Å². The van der Waals surface area contributed by atoms with E-state index in [2.05, 4.69) is 11.4 Å². The summed E-state index contributed by atoms with van der Waals surface area (Å²) in [6, 6.07) is 2.31. The van der Waals surface area contributed by atoms with Gasteiger partial charge in [-0.05, 0) is 6.92 Å². The van der Waals surface area contributed by atoms with Crippen LogP contribution in [0.5, 0.6) is 0 Å². The van der Waals surface area contributed by atoms with Crippen LogP contribution in [0.4, 0.5) is 0 Å². The highest BCUT2D eigenvalue weighted by atomic mass is 16.5. The predicted molar refractivity (Wildman–Crippen MR) is 50.4 cm³/mol. The molecule has 1 N–H and O–H groups in total. The second-order valence-electron chi connectivity index (χ2n) is 2.98. The lowest BCUT2D eigenvalue weighted by molar-refractivity contribution is 0.0277. The van der Waals surface area contributed by atoms with Gasteiger partial charge >= 0.3 is 0 Å². The van der Waals surface area contributed by atoms with Crippen molar-refractivity contribution >= 4 is 0 Å². The van der Waals surface area contributed by atoms with Crippen molar-refractivity contribution in [3.63, 3.8) is 0 Å². The highest BCUT2D eigenvalue weighted by Gasteiger charge is 2.08. The van der Waals surface area contributed by atoms with Gasteiger partial charge in [-0.25, -0.2) is 0 Å². The fourth-order valence-corrected chi connectivity index (χ4v) is 0.938. The number of ether oxygens (including phenoxy) is 2. The quantitative estimate of drug-likeness (QED) is 0.630. The molecule has 0 aliphatic heterocycles. The van der Waals surface area contributed by atoms with Gasteiger partial charge in [-0.3, -0.25) is 0 Å². The molecule has 0 rings (SSSR count). The Morgan fingerprint density at radius 1 is 1.46 bits per heavy atom. The molecule has 76 valence electrons. The number of nitrogens with one attached hydrogen (secondary N) is 1. The number of rotatable bonds is 7. The molecule has 0 spiro atoms. The van der Waals surface area contributed by atoms with Gasteiger partial charge in [0.1, 0.15) is 0 Å². The van der Waals surface area contributed by atoms with E-state index >= 15 is 0 Å². The molecule has 4 nitrogen and oxygen atoms in total. The Bertz CT molecular complexity index is 156. The third-order valence-corrected chi connectivity index (χ3v) is 1.78. The van der Waals surface area contributed by atoms with Crippen LogP contribution in [0, 0.1) is 11.3 Å². The summed E-state index contributed by atoms with van der Waals surface area (Å²) < 4.78 is 10.1. The van der Waals surface area contributed by atoms with Crippen LogP contribution >= 0.6 is 0 Å². The van der Waals surface area contributed by atoms with E-state index in [-0.39, 0.29) is 12.1 Å². The Morgan fingerprint density at radius 3 is 2.62 bits per heavy atom. The molecule has 13 heavy (non-hydrogen) atoms. The Labute approximate surface area is 79.8 Å². The molecule has 0 aromatic rings. The standard InChI is InChI=1S/C9H18N2O2/c1-8(4-5-10)11-6-9(13-3)7-12-2/h8-9,11H,4,6-7H2,1-3H3. The monoisotopic (exact) mass is 186 g/mol. The Balaban J connectivity index is 3.53. The minimum absolute atomic E-state index is 0.0612. The normalized spacial score (nSPS) is 14.9. The van der Waals surface area contributed by atoms with Crippen LogP contribution in [-0.4, -0.2) is 39.5 Å². The maximum absolute atomic E-state index is 8.42. The SMILES string of the molecule is COCC(CNC(C)CC#N)OC. The van der Waals surface area contributed by atoms with Gasteiger partial charge in [0.05, 0.1) is 25.2 Å². The number of nitriles is 1. The van der Waals surface area contributed by atoms with Gasteiger partial charge < -0.3 is 14.8 Å². The summed E-state index contributed by atoms with van der Waals surface area (Å²) in [7, 11) is 3.30. The van der Waals surface area contributed by atoms with Gasteiger partial charge in [0, 0.05) is 26.8 Å². The molecule has 0 bridgehead atoms. The van der Waals surface area contributed by atoms with Crippen molar-refractivity contribution in [2.75, 3.05) is 27.4 Å². The van der Waals surface area contributed by atoms with E-state index in [9.17, 15) is 0 Å². The molecule has 0 amide bonds. The summed E-state index contributed by atoms with van der Waals surface area (Å²) in [5.74, 6) is 0. The zero-order chi connectivity index (χ0) is 10.1. The minimum Gasteiger partial charge on any atom is -0.382 e. The lowest BCUT2D eigenvalue weighted by Gasteiger charge is -2.17. The van der Waals surface area contributed by atoms with E-state index in [0.717, 1.165) is 0 Å². The van der Waals surface area contributed by atoms with E-state index in [1.165, 1.54) is 0 Å². The van der Waals surface area contributed by atoms with Crippen molar-refractivity contribution in [3.05, 3.63) is 0 Å². The first-order valence-corrected chi connectivity index (χ1v) is 4.36. The van der Waals surface area contributed by atoms with Crippen molar-refractivity contribution in [1.29, 1.82) is 5.26 Å². The number of hydrogen-bond acceptors (Lipinski definition) is 4. The molecule has 4 heteroatoms. The summed E-state index contributed by atoms with van der Waals surface area (Å²) in [6.07, 6.45) is 0.579. The Hall–Kier alpha value is -0.630. The number of nitrogens with zero attached hydrogens (tertiary/aromatic N) is 1. The molecule has 0 aromatic carbocycles. The maximum atomic E-state index is 8.42. The van der Waals surface area contributed by atoms with Crippen molar-refractivity contribution in [2.45, 2.75) is 25.5 Å². The number of hydrogen-bond donors (Lipinski definition) is 1. The minimum atomic E-state index is 0.0612. The molecule has 0 saturated heterocycles.